The Morgan fingerprint density at radius 1 is 1.10 bits per heavy atom. The van der Waals surface area contributed by atoms with Gasteiger partial charge >= 0.3 is 6.03 Å². The summed E-state index contributed by atoms with van der Waals surface area (Å²) in [7, 11) is 0. The molecule has 0 saturated carbocycles. The number of benzene rings is 2. The molecule has 0 radical (unpaired) electrons. The van der Waals surface area contributed by atoms with Crippen molar-refractivity contribution in [3.63, 3.8) is 0 Å². The van der Waals surface area contributed by atoms with Crippen molar-refractivity contribution in [2.24, 2.45) is 0 Å². The minimum atomic E-state index is -0.668. The van der Waals surface area contributed by atoms with Crippen LogP contribution in [0.1, 0.15) is 34.3 Å². The lowest BCUT2D eigenvalue weighted by Gasteiger charge is -2.29. The molecule has 1 saturated heterocycles. The van der Waals surface area contributed by atoms with Crippen LogP contribution in [-0.4, -0.2) is 41.2 Å². The van der Waals surface area contributed by atoms with Crippen LogP contribution in [-0.2, 0) is 22.6 Å². The molecule has 8 nitrogen and oxygen atoms in total. The van der Waals surface area contributed by atoms with Crippen LogP contribution >= 0.6 is 11.6 Å². The van der Waals surface area contributed by atoms with Crippen LogP contribution in [0.15, 0.2) is 36.4 Å². The van der Waals surface area contributed by atoms with Crippen molar-refractivity contribution in [1.82, 2.24) is 10.2 Å². The first kappa shape index (κ1) is 19.6. The summed E-state index contributed by atoms with van der Waals surface area (Å²) in [5.74, 6) is -1.02. The molecule has 1 fully saturated rings. The number of piperidine rings is 1. The first-order valence-corrected chi connectivity index (χ1v) is 10.4. The van der Waals surface area contributed by atoms with Gasteiger partial charge in [0, 0.05) is 30.8 Å². The molecule has 158 valence electrons. The van der Waals surface area contributed by atoms with E-state index >= 15 is 0 Å². The first-order chi connectivity index (χ1) is 14.9. The number of nitrogens with zero attached hydrogens (tertiary/aromatic N) is 2. The molecule has 5 rings (SSSR count). The molecule has 1 unspecified atom stereocenters. The van der Waals surface area contributed by atoms with Gasteiger partial charge in [0.15, 0.2) is 0 Å². The van der Waals surface area contributed by atoms with E-state index in [1.165, 1.54) is 4.90 Å². The van der Waals surface area contributed by atoms with Crippen LogP contribution in [0.2, 0.25) is 5.02 Å². The number of urea groups is 1. The van der Waals surface area contributed by atoms with Gasteiger partial charge in [-0.1, -0.05) is 23.7 Å². The number of fused-ring (bicyclic) bond motifs is 2. The highest BCUT2D eigenvalue weighted by Gasteiger charge is 2.39. The number of imide groups is 1. The number of nitrogens with one attached hydrogen (secondary N) is 2. The van der Waals surface area contributed by atoms with Crippen molar-refractivity contribution in [3.8, 4) is 0 Å². The van der Waals surface area contributed by atoms with Gasteiger partial charge in [-0.2, -0.15) is 0 Å². The van der Waals surface area contributed by atoms with E-state index in [9.17, 15) is 19.2 Å². The average molecular weight is 439 g/mol. The fraction of sp³-hybridized carbons (Fsp3) is 0.273. The van der Waals surface area contributed by atoms with Gasteiger partial charge in [0.2, 0.25) is 11.8 Å². The van der Waals surface area contributed by atoms with Gasteiger partial charge in [0.05, 0.1) is 10.7 Å². The lowest BCUT2D eigenvalue weighted by Crippen LogP contribution is -2.52. The number of anilines is 2. The first-order valence-electron chi connectivity index (χ1n) is 10.1. The van der Waals surface area contributed by atoms with Crippen molar-refractivity contribution in [1.29, 1.82) is 0 Å². The number of amides is 5. The normalized spacial score (nSPS) is 19.9. The molecule has 2 aromatic carbocycles. The Bertz CT molecular complexity index is 1150. The lowest BCUT2D eigenvalue weighted by atomic mass is 10.0. The number of halogens is 1. The Morgan fingerprint density at radius 2 is 1.94 bits per heavy atom. The maximum atomic E-state index is 12.9. The second kappa shape index (κ2) is 7.39. The van der Waals surface area contributed by atoms with Crippen molar-refractivity contribution in [2.75, 3.05) is 16.8 Å². The van der Waals surface area contributed by atoms with E-state index in [1.54, 1.807) is 29.2 Å². The second-order valence-electron chi connectivity index (χ2n) is 7.85. The fourth-order valence-corrected chi connectivity index (χ4v) is 4.75. The molecule has 3 heterocycles. The molecule has 9 heteroatoms. The molecule has 3 aliphatic rings. The molecule has 0 aromatic heterocycles. The molecule has 31 heavy (non-hydrogen) atoms. The summed E-state index contributed by atoms with van der Waals surface area (Å²) in [4.78, 5) is 52.3. The van der Waals surface area contributed by atoms with E-state index in [1.807, 2.05) is 12.1 Å². The van der Waals surface area contributed by atoms with E-state index in [4.69, 9.17) is 11.6 Å². The third-order valence-electron chi connectivity index (χ3n) is 5.96. The number of hydrogen-bond acceptors (Lipinski definition) is 4. The fourth-order valence-electron chi connectivity index (χ4n) is 4.45. The summed E-state index contributed by atoms with van der Waals surface area (Å²) in [5, 5.41) is 5.70. The van der Waals surface area contributed by atoms with Gasteiger partial charge in [-0.05, 0) is 48.2 Å². The number of carbonyl (C=O) groups is 4. The Hall–Kier alpha value is -3.39. The van der Waals surface area contributed by atoms with Crippen LogP contribution in [0.3, 0.4) is 0 Å². The Labute approximate surface area is 183 Å². The summed E-state index contributed by atoms with van der Waals surface area (Å²) in [6.07, 6.45) is 1.25. The van der Waals surface area contributed by atoms with Crippen molar-refractivity contribution in [2.45, 2.75) is 31.8 Å². The maximum absolute atomic E-state index is 12.9. The summed E-state index contributed by atoms with van der Waals surface area (Å²) < 4.78 is 0. The van der Waals surface area contributed by atoms with Gasteiger partial charge in [0.1, 0.15) is 6.04 Å². The molecular weight excluding hydrogens is 420 g/mol. The zero-order valence-corrected chi connectivity index (χ0v) is 17.2. The minimum absolute atomic E-state index is 0.206. The van der Waals surface area contributed by atoms with Gasteiger partial charge in [-0.25, -0.2) is 4.79 Å². The Balaban J connectivity index is 1.33. The van der Waals surface area contributed by atoms with E-state index in [0.29, 0.717) is 29.2 Å². The highest BCUT2D eigenvalue weighted by atomic mass is 35.5. The van der Waals surface area contributed by atoms with Crippen LogP contribution in [0.25, 0.3) is 0 Å². The average Bonchev–Trinajstić information content (AvgIpc) is 3.31. The van der Waals surface area contributed by atoms with Crippen LogP contribution < -0.4 is 15.5 Å². The summed E-state index contributed by atoms with van der Waals surface area (Å²) in [5.41, 5.74) is 3.54. The number of rotatable bonds is 2. The third kappa shape index (κ3) is 3.33. The molecule has 0 bridgehead atoms. The van der Waals surface area contributed by atoms with E-state index in [0.717, 1.165) is 23.2 Å². The van der Waals surface area contributed by atoms with Crippen LogP contribution in [0, 0.1) is 0 Å². The maximum Gasteiger partial charge on any atom is 0.326 e. The monoisotopic (exact) mass is 438 g/mol. The topological polar surface area (TPSA) is 98.8 Å². The van der Waals surface area contributed by atoms with Gasteiger partial charge < -0.3 is 10.2 Å². The quantitative estimate of drug-likeness (QED) is 0.704. The Kier molecular flexibility index (Phi) is 4.66. The van der Waals surface area contributed by atoms with Gasteiger partial charge in [-0.3, -0.25) is 24.6 Å². The standard InChI is InChI=1S/C22H19ClN4O4/c23-16-3-1-2-12-8-9-26(19(12)16)22(31)24-14-4-5-15-13(10-14)11-27(21(15)30)17-6-7-18(28)25-20(17)29/h1-5,10,17H,6-9,11H2,(H,24,31)(H,25,28,29). The van der Waals surface area contributed by atoms with Crippen molar-refractivity contribution in [3.05, 3.63) is 58.1 Å². The summed E-state index contributed by atoms with van der Waals surface area (Å²) >= 11 is 6.30. The SMILES string of the molecule is O=C1CCC(N2Cc3cc(NC(=O)N4CCc5cccc(Cl)c54)ccc3C2=O)C(=O)N1. The molecule has 2 aromatic rings. The number of carbonyl (C=O) groups excluding carboxylic acids is 4. The largest absolute Gasteiger partial charge is 0.326 e. The van der Waals surface area contributed by atoms with E-state index in [-0.39, 0.29) is 30.8 Å². The van der Waals surface area contributed by atoms with Crippen molar-refractivity contribution >= 4 is 46.7 Å². The molecule has 5 amide bonds. The number of hydrogen-bond donors (Lipinski definition) is 2. The second-order valence-corrected chi connectivity index (χ2v) is 8.26. The lowest BCUT2D eigenvalue weighted by molar-refractivity contribution is -0.136. The molecular formula is C22H19ClN4O4. The smallest absolute Gasteiger partial charge is 0.322 e. The molecule has 0 spiro atoms. The minimum Gasteiger partial charge on any atom is -0.322 e. The third-order valence-corrected chi connectivity index (χ3v) is 6.27. The highest BCUT2D eigenvalue weighted by Crippen LogP contribution is 2.36. The molecule has 2 N–H and O–H groups in total. The van der Waals surface area contributed by atoms with Gasteiger partial charge in [0.25, 0.3) is 5.91 Å². The summed E-state index contributed by atoms with van der Waals surface area (Å²) in [6, 6.07) is 9.71. The Morgan fingerprint density at radius 3 is 2.74 bits per heavy atom. The predicted molar refractivity (Wildman–Crippen MR) is 114 cm³/mol. The van der Waals surface area contributed by atoms with Crippen LogP contribution in [0.5, 0.6) is 0 Å². The molecule has 0 aliphatic carbocycles. The van der Waals surface area contributed by atoms with Gasteiger partial charge in [-0.15, -0.1) is 0 Å². The number of para-hydroxylation sites is 1. The van der Waals surface area contributed by atoms with E-state index in [2.05, 4.69) is 10.6 Å². The van der Waals surface area contributed by atoms with Crippen LogP contribution in [0.4, 0.5) is 16.2 Å². The zero-order chi connectivity index (χ0) is 21.7. The molecule has 3 aliphatic heterocycles. The van der Waals surface area contributed by atoms with Crippen molar-refractivity contribution < 1.29 is 19.2 Å². The molecule has 1 atom stereocenters. The predicted octanol–water partition coefficient (Wildman–Crippen LogP) is 2.70. The van der Waals surface area contributed by atoms with E-state index < -0.39 is 11.9 Å². The highest BCUT2D eigenvalue weighted by molar-refractivity contribution is 6.34. The summed E-state index contributed by atoms with van der Waals surface area (Å²) in [6.45, 7) is 0.792. The zero-order valence-electron chi connectivity index (χ0n) is 16.5.